The van der Waals surface area contributed by atoms with Crippen LogP contribution in [0.3, 0.4) is 0 Å². The van der Waals surface area contributed by atoms with Gasteiger partial charge in [0, 0.05) is 6.20 Å². The van der Waals surface area contributed by atoms with Crippen LogP contribution in [0.15, 0.2) is 34.9 Å². The zero-order chi connectivity index (χ0) is 14.5. The smallest absolute Gasteiger partial charge is 0.161 e. The number of anilines is 1. The van der Waals surface area contributed by atoms with Crippen LogP contribution >= 0.6 is 15.9 Å². The minimum atomic E-state index is -0.460. The van der Waals surface area contributed by atoms with E-state index in [-0.39, 0.29) is 10.0 Å². The van der Waals surface area contributed by atoms with Crippen LogP contribution in [-0.4, -0.2) is 4.98 Å². The molecule has 0 aliphatic carbocycles. The molecule has 0 fully saturated rings. The zero-order valence-corrected chi connectivity index (χ0v) is 12.5. The molecule has 0 amide bonds. The molecular formula is C15H13BrFN3. The molecule has 1 aromatic heterocycles. The Morgan fingerprint density at radius 1 is 1.40 bits per heavy atom. The number of nitrogens with one attached hydrogen (secondary N) is 1. The van der Waals surface area contributed by atoms with Gasteiger partial charge in [0.05, 0.1) is 28.0 Å². The molecule has 0 saturated heterocycles. The molecule has 102 valence electrons. The molecular weight excluding hydrogens is 321 g/mol. The Kier molecular flexibility index (Phi) is 4.70. The number of benzene rings is 1. The minimum Gasteiger partial charge on any atom is -0.377 e. The van der Waals surface area contributed by atoms with E-state index in [0.29, 0.717) is 12.2 Å². The van der Waals surface area contributed by atoms with Gasteiger partial charge in [0.1, 0.15) is 6.07 Å². The summed E-state index contributed by atoms with van der Waals surface area (Å²) in [6.45, 7) is 2.50. The molecule has 2 aromatic rings. The Labute approximate surface area is 125 Å². The van der Waals surface area contributed by atoms with E-state index in [0.717, 1.165) is 17.7 Å². The highest BCUT2D eigenvalue weighted by Gasteiger charge is 2.11. The molecule has 20 heavy (non-hydrogen) atoms. The maximum atomic E-state index is 14.1. The molecule has 0 bridgehead atoms. The van der Waals surface area contributed by atoms with Crippen molar-refractivity contribution in [2.24, 2.45) is 0 Å². The Morgan fingerprint density at radius 3 is 2.90 bits per heavy atom. The van der Waals surface area contributed by atoms with Crippen LogP contribution in [0, 0.1) is 17.1 Å². The maximum Gasteiger partial charge on any atom is 0.161 e. The number of aryl methyl sites for hydroxylation is 1. The first-order valence-corrected chi connectivity index (χ1v) is 7.01. The van der Waals surface area contributed by atoms with Crippen molar-refractivity contribution >= 4 is 21.6 Å². The summed E-state index contributed by atoms with van der Waals surface area (Å²) in [5.74, 6) is -0.460. The van der Waals surface area contributed by atoms with Gasteiger partial charge < -0.3 is 5.32 Å². The van der Waals surface area contributed by atoms with Gasteiger partial charge in [-0.1, -0.05) is 13.0 Å². The highest BCUT2D eigenvalue weighted by atomic mass is 79.9. The third kappa shape index (κ3) is 2.97. The third-order valence-corrected chi connectivity index (χ3v) is 3.79. The first-order chi connectivity index (χ1) is 9.67. The minimum absolute atomic E-state index is 0.182. The van der Waals surface area contributed by atoms with Crippen molar-refractivity contribution in [3.63, 3.8) is 0 Å². The van der Waals surface area contributed by atoms with E-state index >= 15 is 0 Å². The van der Waals surface area contributed by atoms with E-state index in [9.17, 15) is 4.39 Å². The average Bonchev–Trinajstić information content (AvgIpc) is 2.49. The van der Waals surface area contributed by atoms with Gasteiger partial charge in [0.15, 0.2) is 5.82 Å². The van der Waals surface area contributed by atoms with Crippen molar-refractivity contribution in [2.45, 2.75) is 19.9 Å². The number of rotatable bonds is 4. The van der Waals surface area contributed by atoms with Crippen molar-refractivity contribution in [1.82, 2.24) is 4.98 Å². The molecule has 0 radical (unpaired) electrons. The normalized spacial score (nSPS) is 10.1. The maximum absolute atomic E-state index is 14.1. The number of hydrogen-bond acceptors (Lipinski definition) is 3. The van der Waals surface area contributed by atoms with E-state index in [1.165, 1.54) is 0 Å². The Hall–Kier alpha value is -1.93. The fraction of sp³-hybridized carbons (Fsp3) is 0.200. The molecule has 3 nitrogen and oxygen atoms in total. The molecule has 1 N–H and O–H groups in total. The Bertz CT molecular complexity index is 665. The Morgan fingerprint density at radius 2 is 2.20 bits per heavy atom. The second-order valence-electron chi connectivity index (χ2n) is 4.22. The Balaban J connectivity index is 2.20. The lowest BCUT2D eigenvalue weighted by Gasteiger charge is -2.11. The monoisotopic (exact) mass is 333 g/mol. The molecule has 0 unspecified atom stereocenters. The van der Waals surface area contributed by atoms with Crippen molar-refractivity contribution < 1.29 is 4.39 Å². The molecule has 0 aliphatic heterocycles. The number of nitriles is 1. The summed E-state index contributed by atoms with van der Waals surface area (Å²) in [6.07, 6.45) is 2.60. The van der Waals surface area contributed by atoms with Crippen molar-refractivity contribution in [2.75, 3.05) is 5.32 Å². The summed E-state index contributed by atoms with van der Waals surface area (Å²) < 4.78 is 14.2. The highest BCUT2D eigenvalue weighted by molar-refractivity contribution is 9.10. The molecule has 0 saturated carbocycles. The van der Waals surface area contributed by atoms with Gasteiger partial charge >= 0.3 is 0 Å². The molecule has 0 aliphatic rings. The predicted octanol–water partition coefficient (Wildman–Crippen LogP) is 4.03. The first kappa shape index (κ1) is 14.5. The van der Waals surface area contributed by atoms with Gasteiger partial charge in [-0.3, -0.25) is 4.98 Å². The average molecular weight is 334 g/mol. The summed E-state index contributed by atoms with van der Waals surface area (Å²) in [5, 5.41) is 11.9. The first-order valence-electron chi connectivity index (χ1n) is 6.22. The fourth-order valence-corrected chi connectivity index (χ4v) is 2.34. The largest absolute Gasteiger partial charge is 0.377 e. The lowest BCUT2D eigenvalue weighted by Crippen LogP contribution is -2.06. The van der Waals surface area contributed by atoms with E-state index in [2.05, 4.69) is 33.2 Å². The van der Waals surface area contributed by atoms with Gasteiger partial charge in [-0.05, 0) is 46.1 Å². The molecule has 1 heterocycles. The van der Waals surface area contributed by atoms with Gasteiger partial charge in [0.2, 0.25) is 0 Å². The number of pyridine rings is 1. The highest BCUT2D eigenvalue weighted by Crippen LogP contribution is 2.27. The molecule has 1 aromatic carbocycles. The van der Waals surface area contributed by atoms with Gasteiger partial charge in [-0.2, -0.15) is 5.26 Å². The fourth-order valence-electron chi connectivity index (χ4n) is 1.90. The summed E-state index contributed by atoms with van der Waals surface area (Å²) in [6, 6.07) is 8.97. The topological polar surface area (TPSA) is 48.7 Å². The van der Waals surface area contributed by atoms with Crippen LogP contribution in [-0.2, 0) is 13.0 Å². The van der Waals surface area contributed by atoms with E-state index in [1.54, 1.807) is 18.3 Å². The number of aromatic nitrogens is 1. The van der Waals surface area contributed by atoms with E-state index in [4.69, 9.17) is 5.26 Å². The van der Waals surface area contributed by atoms with Crippen LogP contribution in [0.25, 0.3) is 0 Å². The van der Waals surface area contributed by atoms with Gasteiger partial charge in [-0.25, -0.2) is 4.39 Å². The number of hydrogen-bond donors (Lipinski definition) is 1. The SMILES string of the molecule is CCc1cccnc1CNc1ccc(C#N)c(Br)c1F. The van der Waals surface area contributed by atoms with Crippen molar-refractivity contribution in [3.05, 3.63) is 57.6 Å². The standard InChI is InChI=1S/C15H13BrFN3/c1-2-10-4-3-7-19-13(10)9-20-12-6-5-11(8-18)14(16)15(12)17/h3-7,20H,2,9H2,1H3. The summed E-state index contributed by atoms with van der Waals surface area (Å²) in [7, 11) is 0. The number of nitrogens with zero attached hydrogens (tertiary/aromatic N) is 2. The molecule has 0 atom stereocenters. The summed E-state index contributed by atoms with van der Waals surface area (Å²) in [5.41, 5.74) is 2.66. The summed E-state index contributed by atoms with van der Waals surface area (Å²) in [4.78, 5) is 4.30. The van der Waals surface area contributed by atoms with Crippen molar-refractivity contribution in [3.8, 4) is 6.07 Å². The van der Waals surface area contributed by atoms with Gasteiger partial charge in [-0.15, -0.1) is 0 Å². The van der Waals surface area contributed by atoms with Gasteiger partial charge in [0.25, 0.3) is 0 Å². The van der Waals surface area contributed by atoms with Crippen LogP contribution in [0.5, 0.6) is 0 Å². The lowest BCUT2D eigenvalue weighted by atomic mass is 10.1. The van der Waals surface area contributed by atoms with Crippen LogP contribution in [0.1, 0.15) is 23.7 Å². The van der Waals surface area contributed by atoms with Crippen LogP contribution in [0.4, 0.5) is 10.1 Å². The second kappa shape index (κ2) is 6.49. The van der Waals surface area contributed by atoms with Crippen LogP contribution < -0.4 is 5.32 Å². The van der Waals surface area contributed by atoms with Crippen molar-refractivity contribution in [1.29, 1.82) is 5.26 Å². The second-order valence-corrected chi connectivity index (χ2v) is 5.01. The third-order valence-electron chi connectivity index (χ3n) is 3.01. The number of halogens is 2. The molecule has 0 spiro atoms. The molecule has 2 rings (SSSR count). The summed E-state index contributed by atoms with van der Waals surface area (Å²) >= 11 is 3.09. The van der Waals surface area contributed by atoms with E-state index < -0.39 is 5.82 Å². The lowest BCUT2D eigenvalue weighted by molar-refractivity contribution is 0.622. The van der Waals surface area contributed by atoms with Crippen LogP contribution in [0.2, 0.25) is 0 Å². The zero-order valence-electron chi connectivity index (χ0n) is 11.0. The molecule has 5 heteroatoms. The predicted molar refractivity (Wildman–Crippen MR) is 79.8 cm³/mol. The van der Waals surface area contributed by atoms with E-state index in [1.807, 2.05) is 18.2 Å². The quantitative estimate of drug-likeness (QED) is 0.918.